The molecule has 0 saturated carbocycles. The summed E-state index contributed by atoms with van der Waals surface area (Å²) in [5.41, 5.74) is 6.24. The first-order chi connectivity index (χ1) is 15.2. The lowest BCUT2D eigenvalue weighted by atomic mass is 10.1. The van der Waals surface area contributed by atoms with E-state index in [9.17, 15) is 0 Å². The number of fused-ring (bicyclic) bond motifs is 4. The SMILES string of the molecule is CCN=c1cc2oc3cc([NH2+]CCc4ccccc4)c4ccccc4c3nc-2cc1C. The molecule has 0 unspecified atom stereocenters. The summed E-state index contributed by atoms with van der Waals surface area (Å²) >= 11 is 0. The maximum atomic E-state index is 6.36. The normalized spacial score (nSPS) is 12.3. The third kappa shape index (κ3) is 3.82. The minimum absolute atomic E-state index is 0.749. The second-order valence-electron chi connectivity index (χ2n) is 7.88. The lowest BCUT2D eigenvalue weighted by Gasteiger charge is -2.12. The molecule has 2 N–H and O–H groups in total. The highest BCUT2D eigenvalue weighted by Gasteiger charge is 2.16. The van der Waals surface area contributed by atoms with Crippen molar-refractivity contribution in [1.82, 2.24) is 4.98 Å². The number of nitrogens with zero attached hydrogens (tertiary/aromatic N) is 2. The fourth-order valence-corrected chi connectivity index (χ4v) is 4.17. The molecule has 31 heavy (non-hydrogen) atoms. The highest BCUT2D eigenvalue weighted by atomic mass is 16.3. The first kappa shape index (κ1) is 19.5. The van der Waals surface area contributed by atoms with Crippen LogP contribution < -0.4 is 10.7 Å². The predicted octanol–water partition coefficient (Wildman–Crippen LogP) is 4.75. The summed E-state index contributed by atoms with van der Waals surface area (Å²) < 4.78 is 6.36. The van der Waals surface area contributed by atoms with Crippen molar-refractivity contribution in [3.8, 4) is 11.5 Å². The highest BCUT2D eigenvalue weighted by molar-refractivity contribution is 6.08. The van der Waals surface area contributed by atoms with Gasteiger partial charge in [-0.2, -0.15) is 0 Å². The second kappa shape index (κ2) is 8.32. The predicted molar refractivity (Wildman–Crippen MR) is 126 cm³/mol. The van der Waals surface area contributed by atoms with Gasteiger partial charge in [0.2, 0.25) is 0 Å². The number of aryl methyl sites for hydroxylation is 1. The molecule has 1 heterocycles. The van der Waals surface area contributed by atoms with E-state index in [1.807, 2.05) is 13.0 Å². The molecule has 0 amide bonds. The Bertz CT molecular complexity index is 1400. The third-order valence-electron chi connectivity index (χ3n) is 5.71. The van der Waals surface area contributed by atoms with Crippen LogP contribution in [-0.2, 0) is 6.42 Å². The molecular weight excluding hydrogens is 382 g/mol. The molecule has 2 aliphatic rings. The van der Waals surface area contributed by atoms with Gasteiger partial charge in [0, 0.05) is 35.9 Å². The second-order valence-corrected chi connectivity index (χ2v) is 7.88. The van der Waals surface area contributed by atoms with Crippen molar-refractivity contribution in [2.24, 2.45) is 4.99 Å². The van der Waals surface area contributed by atoms with Crippen LogP contribution in [0.3, 0.4) is 0 Å². The molecule has 4 nitrogen and oxygen atoms in total. The molecule has 0 radical (unpaired) electrons. The molecule has 3 aromatic carbocycles. The zero-order valence-corrected chi connectivity index (χ0v) is 17.9. The van der Waals surface area contributed by atoms with Crippen LogP contribution in [0.5, 0.6) is 0 Å². The molecule has 0 saturated heterocycles. The van der Waals surface area contributed by atoms with Gasteiger partial charge in [-0.25, -0.2) is 4.98 Å². The molecule has 5 rings (SSSR count). The van der Waals surface area contributed by atoms with E-state index in [0.717, 1.165) is 58.4 Å². The van der Waals surface area contributed by atoms with Gasteiger partial charge >= 0.3 is 0 Å². The van der Waals surface area contributed by atoms with Crippen LogP contribution in [0.25, 0.3) is 33.3 Å². The van der Waals surface area contributed by atoms with E-state index in [4.69, 9.17) is 9.40 Å². The first-order valence-electron chi connectivity index (χ1n) is 10.9. The lowest BCUT2D eigenvalue weighted by molar-refractivity contribution is -0.569. The number of nitrogens with two attached hydrogens (primary N) is 1. The van der Waals surface area contributed by atoms with Crippen LogP contribution in [0.1, 0.15) is 18.1 Å². The molecule has 0 fully saturated rings. The van der Waals surface area contributed by atoms with E-state index in [0.29, 0.717) is 0 Å². The number of aromatic nitrogens is 1. The Morgan fingerprint density at radius 1 is 0.935 bits per heavy atom. The highest BCUT2D eigenvalue weighted by Crippen LogP contribution is 2.32. The quantitative estimate of drug-likeness (QED) is 0.259. The molecular formula is C27H26N3O+. The summed E-state index contributed by atoms with van der Waals surface area (Å²) in [4.78, 5) is 9.57. The van der Waals surface area contributed by atoms with Crippen molar-refractivity contribution in [3.63, 3.8) is 0 Å². The number of quaternary nitrogens is 1. The van der Waals surface area contributed by atoms with Gasteiger partial charge in [0.25, 0.3) is 0 Å². The topological polar surface area (TPSA) is 55.0 Å². The van der Waals surface area contributed by atoms with Crippen LogP contribution in [0.4, 0.5) is 5.69 Å². The van der Waals surface area contributed by atoms with Gasteiger partial charge in [0.1, 0.15) is 16.9 Å². The molecule has 3 aromatic rings. The van der Waals surface area contributed by atoms with Gasteiger partial charge in [-0.15, -0.1) is 0 Å². The van der Waals surface area contributed by atoms with E-state index < -0.39 is 0 Å². The van der Waals surface area contributed by atoms with Gasteiger partial charge in [-0.05, 0) is 37.1 Å². The Balaban J connectivity index is 1.62. The van der Waals surface area contributed by atoms with E-state index in [1.165, 1.54) is 16.6 Å². The van der Waals surface area contributed by atoms with E-state index in [-0.39, 0.29) is 0 Å². The minimum Gasteiger partial charge on any atom is -0.452 e. The van der Waals surface area contributed by atoms with Crippen molar-refractivity contribution < 1.29 is 9.73 Å². The number of hydrogen-bond donors (Lipinski definition) is 1. The molecule has 0 bridgehead atoms. The third-order valence-corrected chi connectivity index (χ3v) is 5.71. The average Bonchev–Trinajstić information content (AvgIpc) is 2.80. The molecule has 0 atom stereocenters. The number of benzene rings is 4. The van der Waals surface area contributed by atoms with Crippen LogP contribution in [0, 0.1) is 6.92 Å². The summed E-state index contributed by atoms with van der Waals surface area (Å²) in [7, 11) is 0. The zero-order valence-electron chi connectivity index (χ0n) is 17.9. The Morgan fingerprint density at radius 3 is 2.52 bits per heavy atom. The first-order valence-corrected chi connectivity index (χ1v) is 10.9. The van der Waals surface area contributed by atoms with Crippen molar-refractivity contribution in [2.75, 3.05) is 13.1 Å². The number of rotatable bonds is 5. The smallest absolute Gasteiger partial charge is 0.159 e. The maximum absolute atomic E-state index is 6.36. The average molecular weight is 409 g/mol. The van der Waals surface area contributed by atoms with Crippen LogP contribution in [-0.4, -0.2) is 18.1 Å². The standard InChI is InChI=1S/C27H25N3O/c1-3-28-22-16-25-24(15-18(22)2)30-27-21-12-8-7-11-20(21)23(17-26(27)31-25)29-14-13-19-9-5-4-6-10-19/h4-12,15-17,29H,3,13-14H2,1-2H3/p+1. The van der Waals surface area contributed by atoms with Crippen LogP contribution in [0.15, 0.2) is 82.2 Å². The molecule has 0 spiro atoms. The lowest BCUT2D eigenvalue weighted by Crippen LogP contribution is -2.78. The van der Waals surface area contributed by atoms with Crippen LogP contribution >= 0.6 is 0 Å². The summed E-state index contributed by atoms with van der Waals surface area (Å²) in [6.07, 6.45) is 1.02. The Morgan fingerprint density at radius 2 is 1.71 bits per heavy atom. The van der Waals surface area contributed by atoms with E-state index in [2.05, 4.69) is 84.0 Å². The van der Waals surface area contributed by atoms with Crippen molar-refractivity contribution in [3.05, 3.63) is 89.3 Å². The van der Waals surface area contributed by atoms with E-state index in [1.54, 1.807) is 0 Å². The van der Waals surface area contributed by atoms with Gasteiger partial charge in [-0.1, -0.05) is 48.5 Å². The maximum Gasteiger partial charge on any atom is 0.159 e. The monoisotopic (exact) mass is 408 g/mol. The van der Waals surface area contributed by atoms with Gasteiger partial charge < -0.3 is 9.73 Å². The fraction of sp³-hybridized carbons (Fsp3) is 0.185. The Labute approximate surface area is 181 Å². The van der Waals surface area contributed by atoms with Gasteiger partial charge in [0.15, 0.2) is 11.3 Å². The van der Waals surface area contributed by atoms with Gasteiger partial charge in [0.05, 0.1) is 11.9 Å². The van der Waals surface area contributed by atoms with Gasteiger partial charge in [-0.3, -0.25) is 4.99 Å². The summed E-state index contributed by atoms with van der Waals surface area (Å²) in [6.45, 7) is 5.84. The fourth-order valence-electron chi connectivity index (χ4n) is 4.17. The number of hydrogen-bond acceptors (Lipinski definition) is 3. The van der Waals surface area contributed by atoms with Crippen molar-refractivity contribution in [1.29, 1.82) is 0 Å². The summed E-state index contributed by atoms with van der Waals surface area (Å²) in [5, 5.41) is 5.60. The summed E-state index contributed by atoms with van der Waals surface area (Å²) in [5.74, 6) is 0.774. The molecule has 0 aromatic heterocycles. The molecule has 1 aliphatic heterocycles. The molecule has 154 valence electrons. The van der Waals surface area contributed by atoms with Crippen molar-refractivity contribution >= 4 is 27.6 Å². The summed E-state index contributed by atoms with van der Waals surface area (Å²) in [6, 6.07) is 25.3. The Kier molecular flexibility index (Phi) is 5.23. The zero-order chi connectivity index (χ0) is 21.2. The largest absolute Gasteiger partial charge is 0.452 e. The molecule has 1 aliphatic carbocycles. The van der Waals surface area contributed by atoms with E-state index >= 15 is 0 Å². The minimum atomic E-state index is 0.749. The van der Waals surface area contributed by atoms with Crippen LogP contribution in [0.2, 0.25) is 0 Å². The molecule has 4 heteroatoms. The van der Waals surface area contributed by atoms with Crippen molar-refractivity contribution in [2.45, 2.75) is 20.3 Å². The Hall–Kier alpha value is -3.50.